The van der Waals surface area contributed by atoms with Gasteiger partial charge in [0.25, 0.3) is 0 Å². The van der Waals surface area contributed by atoms with Crippen LogP contribution >= 0.6 is 0 Å². The molecule has 1 saturated heterocycles. The Morgan fingerprint density at radius 2 is 1.67 bits per heavy atom. The first-order chi connectivity index (χ1) is 8.83. The van der Waals surface area contributed by atoms with Gasteiger partial charge in [-0.2, -0.15) is 0 Å². The molecular weight excluding hydrogens is 228 g/mol. The summed E-state index contributed by atoms with van der Waals surface area (Å²) in [4.78, 5) is 0. The Balaban J connectivity index is 2.25. The molecule has 0 radical (unpaired) electrons. The fourth-order valence-electron chi connectivity index (χ4n) is 2.53. The molecule has 1 N–H and O–H groups in total. The van der Waals surface area contributed by atoms with Crippen molar-refractivity contribution in [2.24, 2.45) is 0 Å². The van der Waals surface area contributed by atoms with E-state index in [0.29, 0.717) is 12.7 Å². The lowest BCUT2D eigenvalue weighted by Gasteiger charge is -2.18. The van der Waals surface area contributed by atoms with Crippen molar-refractivity contribution < 1.29 is 14.6 Å². The van der Waals surface area contributed by atoms with Gasteiger partial charge in [-0.05, 0) is 39.0 Å². The van der Waals surface area contributed by atoms with Gasteiger partial charge in [-0.25, -0.2) is 0 Å². The minimum atomic E-state index is -0.260. The van der Waals surface area contributed by atoms with Gasteiger partial charge in [0.15, 0.2) is 0 Å². The van der Waals surface area contributed by atoms with Crippen LogP contribution in [0.2, 0.25) is 0 Å². The zero-order valence-electron chi connectivity index (χ0n) is 11.9. The van der Waals surface area contributed by atoms with Crippen LogP contribution in [-0.2, 0) is 9.47 Å². The molecule has 0 amide bonds. The van der Waals surface area contributed by atoms with Gasteiger partial charge in [-0.15, -0.1) is 0 Å². The summed E-state index contributed by atoms with van der Waals surface area (Å²) in [5.74, 6) is 0. The van der Waals surface area contributed by atoms with E-state index < -0.39 is 0 Å². The second kappa shape index (κ2) is 10.8. The third-order valence-electron chi connectivity index (χ3n) is 3.59. The summed E-state index contributed by atoms with van der Waals surface area (Å²) < 4.78 is 11.3. The van der Waals surface area contributed by atoms with Crippen molar-refractivity contribution in [1.82, 2.24) is 0 Å². The normalized spacial score (nSPS) is 29.7. The second-order valence-corrected chi connectivity index (χ2v) is 5.29. The molecule has 108 valence electrons. The van der Waals surface area contributed by atoms with E-state index in [1.807, 2.05) is 0 Å². The molecule has 0 aromatic heterocycles. The summed E-state index contributed by atoms with van der Waals surface area (Å²) in [7, 11) is 0. The van der Waals surface area contributed by atoms with Crippen molar-refractivity contribution in [2.75, 3.05) is 19.8 Å². The lowest BCUT2D eigenvalue weighted by atomic mass is 10.0. The minimum Gasteiger partial charge on any atom is -0.391 e. The van der Waals surface area contributed by atoms with E-state index in [2.05, 4.69) is 6.92 Å². The molecule has 0 bridgehead atoms. The standard InChI is InChI=1S/C15H30O3/c1-2-18-15-10-6-4-3-5-9-14(16)13-17-12-8-7-11-15/h14-16H,2-13H2,1H3. The van der Waals surface area contributed by atoms with Crippen molar-refractivity contribution in [3.8, 4) is 0 Å². The van der Waals surface area contributed by atoms with Crippen molar-refractivity contribution in [1.29, 1.82) is 0 Å². The topological polar surface area (TPSA) is 38.7 Å². The van der Waals surface area contributed by atoms with Crippen molar-refractivity contribution in [3.63, 3.8) is 0 Å². The van der Waals surface area contributed by atoms with Crippen molar-refractivity contribution >= 4 is 0 Å². The zero-order chi connectivity index (χ0) is 13.1. The Morgan fingerprint density at radius 3 is 2.39 bits per heavy atom. The minimum absolute atomic E-state index is 0.260. The summed E-state index contributed by atoms with van der Waals surface area (Å²) in [6, 6.07) is 0. The monoisotopic (exact) mass is 258 g/mol. The Hall–Kier alpha value is -0.120. The molecule has 0 aromatic carbocycles. The first-order valence-corrected chi connectivity index (χ1v) is 7.70. The first kappa shape index (κ1) is 15.9. The average Bonchev–Trinajstić information content (AvgIpc) is 2.36. The highest BCUT2D eigenvalue weighted by Gasteiger charge is 2.09. The molecule has 3 heteroatoms. The van der Waals surface area contributed by atoms with Gasteiger partial charge >= 0.3 is 0 Å². The van der Waals surface area contributed by atoms with E-state index >= 15 is 0 Å². The number of aliphatic hydroxyl groups excluding tert-OH is 1. The van der Waals surface area contributed by atoms with Crippen LogP contribution in [0.25, 0.3) is 0 Å². The fraction of sp³-hybridized carbons (Fsp3) is 1.00. The highest BCUT2D eigenvalue weighted by molar-refractivity contribution is 4.61. The lowest BCUT2D eigenvalue weighted by Crippen LogP contribution is -2.17. The quantitative estimate of drug-likeness (QED) is 0.826. The SMILES string of the molecule is CCOC1CCCCCCC(O)COCCCC1. The maximum absolute atomic E-state index is 9.69. The van der Waals surface area contributed by atoms with Gasteiger partial charge in [-0.3, -0.25) is 0 Å². The van der Waals surface area contributed by atoms with Crippen LogP contribution in [0.1, 0.15) is 64.7 Å². The smallest absolute Gasteiger partial charge is 0.0773 e. The number of ether oxygens (including phenoxy) is 2. The van der Waals surface area contributed by atoms with Crippen LogP contribution in [-0.4, -0.2) is 37.1 Å². The van der Waals surface area contributed by atoms with Crippen LogP contribution in [0.3, 0.4) is 0 Å². The molecule has 1 aliphatic heterocycles. The second-order valence-electron chi connectivity index (χ2n) is 5.29. The predicted octanol–water partition coefficient (Wildman–Crippen LogP) is 3.29. The molecule has 0 saturated carbocycles. The van der Waals surface area contributed by atoms with Gasteiger partial charge in [0.2, 0.25) is 0 Å². The van der Waals surface area contributed by atoms with Gasteiger partial charge in [0.1, 0.15) is 0 Å². The van der Waals surface area contributed by atoms with Gasteiger partial charge in [-0.1, -0.05) is 25.7 Å². The van der Waals surface area contributed by atoms with E-state index in [4.69, 9.17) is 9.47 Å². The molecule has 18 heavy (non-hydrogen) atoms. The highest BCUT2D eigenvalue weighted by atomic mass is 16.5. The molecule has 2 atom stereocenters. The Morgan fingerprint density at radius 1 is 1.00 bits per heavy atom. The Labute approximate surface area is 112 Å². The van der Waals surface area contributed by atoms with Crippen LogP contribution in [0.15, 0.2) is 0 Å². The summed E-state index contributed by atoms with van der Waals surface area (Å²) in [6.45, 7) is 4.19. The Bertz CT molecular complexity index is 169. The maximum atomic E-state index is 9.69. The third kappa shape index (κ3) is 8.06. The molecule has 0 aromatic rings. The van der Waals surface area contributed by atoms with Crippen molar-refractivity contribution in [2.45, 2.75) is 76.9 Å². The molecule has 1 rings (SSSR count). The Kier molecular flexibility index (Phi) is 9.54. The number of hydrogen-bond acceptors (Lipinski definition) is 3. The number of rotatable bonds is 2. The summed E-state index contributed by atoms with van der Waals surface area (Å²) in [5.41, 5.74) is 0. The molecule has 1 aliphatic rings. The zero-order valence-corrected chi connectivity index (χ0v) is 11.9. The summed E-state index contributed by atoms with van der Waals surface area (Å²) >= 11 is 0. The summed E-state index contributed by atoms with van der Waals surface area (Å²) in [5, 5.41) is 9.69. The number of aliphatic hydroxyl groups is 1. The number of hydrogen-bond donors (Lipinski definition) is 1. The van der Waals surface area contributed by atoms with Crippen LogP contribution in [0, 0.1) is 0 Å². The molecule has 2 unspecified atom stereocenters. The summed E-state index contributed by atoms with van der Waals surface area (Å²) in [6.07, 6.45) is 10.5. The van der Waals surface area contributed by atoms with E-state index in [0.717, 1.165) is 38.9 Å². The molecule has 3 nitrogen and oxygen atoms in total. The molecular formula is C15H30O3. The molecule has 0 spiro atoms. The van der Waals surface area contributed by atoms with Gasteiger partial charge in [0.05, 0.1) is 18.8 Å². The molecule has 1 heterocycles. The van der Waals surface area contributed by atoms with Gasteiger partial charge < -0.3 is 14.6 Å². The van der Waals surface area contributed by atoms with Crippen molar-refractivity contribution in [3.05, 3.63) is 0 Å². The third-order valence-corrected chi connectivity index (χ3v) is 3.59. The van der Waals surface area contributed by atoms with E-state index in [9.17, 15) is 5.11 Å². The lowest BCUT2D eigenvalue weighted by molar-refractivity contribution is 0.0225. The van der Waals surface area contributed by atoms with E-state index in [1.54, 1.807) is 0 Å². The van der Waals surface area contributed by atoms with E-state index in [-0.39, 0.29) is 6.10 Å². The van der Waals surface area contributed by atoms with Crippen LogP contribution in [0.5, 0.6) is 0 Å². The highest BCUT2D eigenvalue weighted by Crippen LogP contribution is 2.16. The molecule has 1 fully saturated rings. The average molecular weight is 258 g/mol. The first-order valence-electron chi connectivity index (χ1n) is 7.70. The van der Waals surface area contributed by atoms with E-state index in [1.165, 1.54) is 32.1 Å². The van der Waals surface area contributed by atoms with Crippen LogP contribution < -0.4 is 0 Å². The largest absolute Gasteiger partial charge is 0.391 e. The fourth-order valence-corrected chi connectivity index (χ4v) is 2.53. The maximum Gasteiger partial charge on any atom is 0.0773 e. The molecule has 0 aliphatic carbocycles. The van der Waals surface area contributed by atoms with Crippen LogP contribution in [0.4, 0.5) is 0 Å². The van der Waals surface area contributed by atoms with Gasteiger partial charge in [0, 0.05) is 13.2 Å². The predicted molar refractivity (Wildman–Crippen MR) is 73.8 cm³/mol.